The number of carbonyl (C=O) groups is 1. The maximum atomic E-state index is 10.9. The highest BCUT2D eigenvalue weighted by molar-refractivity contribution is 6.30. The van der Waals surface area contributed by atoms with Crippen molar-refractivity contribution in [2.45, 2.75) is 12.5 Å². The van der Waals surface area contributed by atoms with Gasteiger partial charge in [-0.1, -0.05) is 23.7 Å². The zero-order valence-electron chi connectivity index (χ0n) is 7.77. The Kier molecular flexibility index (Phi) is 4.51. The van der Waals surface area contributed by atoms with Crippen LogP contribution in [0.5, 0.6) is 0 Å². The Morgan fingerprint density at radius 2 is 2.20 bits per heavy atom. The molecule has 0 saturated carbocycles. The molecule has 0 aliphatic heterocycles. The predicted molar refractivity (Wildman–Crippen MR) is 53.7 cm³/mol. The molecule has 0 bridgehead atoms. The average molecular weight is 231 g/mol. The normalized spacial score (nSPS) is 12.2. The van der Waals surface area contributed by atoms with Crippen LogP contribution in [0.25, 0.3) is 0 Å². The number of carbonyl (C=O) groups excluding carboxylic acids is 1. The standard InChI is InChI=1S/C9H11ClN2O3/c10-7-3-1-2-6(4-7)8(11-14)5-9(13)12-15/h1-4,8,11,14-15H,5H2,(H,12,13). The average Bonchev–Trinajstić information content (AvgIpc) is 2.25. The number of hydrogen-bond donors (Lipinski definition) is 4. The van der Waals surface area contributed by atoms with E-state index in [2.05, 4.69) is 0 Å². The highest BCUT2D eigenvalue weighted by Crippen LogP contribution is 2.19. The van der Waals surface area contributed by atoms with Gasteiger partial charge in [0.1, 0.15) is 0 Å². The smallest absolute Gasteiger partial charge is 0.245 e. The van der Waals surface area contributed by atoms with Crippen molar-refractivity contribution in [3.05, 3.63) is 34.9 Å². The fraction of sp³-hybridized carbons (Fsp3) is 0.222. The zero-order chi connectivity index (χ0) is 11.3. The summed E-state index contributed by atoms with van der Waals surface area (Å²) in [6.07, 6.45) is -0.0899. The molecule has 0 radical (unpaired) electrons. The van der Waals surface area contributed by atoms with Crippen molar-refractivity contribution in [3.8, 4) is 0 Å². The lowest BCUT2D eigenvalue weighted by atomic mass is 10.0. The van der Waals surface area contributed by atoms with Crippen LogP contribution >= 0.6 is 11.6 Å². The van der Waals surface area contributed by atoms with Crippen LogP contribution in [0, 0.1) is 0 Å². The summed E-state index contributed by atoms with van der Waals surface area (Å²) in [7, 11) is 0. The minimum absolute atomic E-state index is 0.0899. The maximum absolute atomic E-state index is 10.9. The second kappa shape index (κ2) is 5.67. The van der Waals surface area contributed by atoms with E-state index >= 15 is 0 Å². The second-order valence-corrected chi connectivity index (χ2v) is 3.41. The molecular weight excluding hydrogens is 220 g/mol. The molecule has 5 nitrogen and oxygen atoms in total. The Hall–Kier alpha value is -1.14. The van der Waals surface area contributed by atoms with Crippen molar-refractivity contribution in [3.63, 3.8) is 0 Å². The van der Waals surface area contributed by atoms with Crippen molar-refractivity contribution in [1.82, 2.24) is 11.0 Å². The van der Waals surface area contributed by atoms with Crippen LogP contribution in [0.15, 0.2) is 24.3 Å². The minimum Gasteiger partial charge on any atom is -0.316 e. The summed E-state index contributed by atoms with van der Waals surface area (Å²) in [6, 6.07) is 6.13. The fourth-order valence-electron chi connectivity index (χ4n) is 1.19. The molecule has 1 aromatic rings. The van der Waals surface area contributed by atoms with Gasteiger partial charge in [0, 0.05) is 5.02 Å². The highest BCUT2D eigenvalue weighted by atomic mass is 35.5. The third-order valence-electron chi connectivity index (χ3n) is 1.92. The van der Waals surface area contributed by atoms with Gasteiger partial charge in [-0.3, -0.25) is 10.0 Å². The first-order chi connectivity index (χ1) is 7.17. The molecule has 1 atom stereocenters. The molecule has 82 valence electrons. The molecule has 1 rings (SSSR count). The number of hydroxylamine groups is 2. The number of rotatable bonds is 4. The van der Waals surface area contributed by atoms with Gasteiger partial charge in [0.2, 0.25) is 5.91 Å². The van der Waals surface area contributed by atoms with Gasteiger partial charge in [0.05, 0.1) is 12.5 Å². The van der Waals surface area contributed by atoms with Crippen LogP contribution in [-0.2, 0) is 4.79 Å². The first kappa shape index (κ1) is 11.9. The van der Waals surface area contributed by atoms with Crippen LogP contribution in [0.1, 0.15) is 18.0 Å². The molecule has 0 saturated heterocycles. The van der Waals surface area contributed by atoms with E-state index in [0.29, 0.717) is 10.6 Å². The molecule has 4 N–H and O–H groups in total. The summed E-state index contributed by atoms with van der Waals surface area (Å²) in [4.78, 5) is 10.9. The van der Waals surface area contributed by atoms with E-state index < -0.39 is 11.9 Å². The Morgan fingerprint density at radius 1 is 1.47 bits per heavy atom. The summed E-state index contributed by atoms with van der Waals surface area (Å²) in [6.45, 7) is 0. The molecule has 0 spiro atoms. The van der Waals surface area contributed by atoms with Gasteiger partial charge in [0.15, 0.2) is 0 Å². The topological polar surface area (TPSA) is 81.6 Å². The summed E-state index contributed by atoms with van der Waals surface area (Å²) in [5.74, 6) is -0.596. The summed E-state index contributed by atoms with van der Waals surface area (Å²) in [5, 5.41) is 17.7. The molecule has 1 aromatic carbocycles. The Bertz CT molecular complexity index is 346. The first-order valence-electron chi connectivity index (χ1n) is 4.25. The lowest BCUT2D eigenvalue weighted by Gasteiger charge is -2.14. The van der Waals surface area contributed by atoms with Crippen LogP contribution in [0.3, 0.4) is 0 Å². The third kappa shape index (κ3) is 3.49. The van der Waals surface area contributed by atoms with Gasteiger partial charge in [-0.25, -0.2) is 5.48 Å². The highest BCUT2D eigenvalue weighted by Gasteiger charge is 2.14. The third-order valence-corrected chi connectivity index (χ3v) is 2.16. The van der Waals surface area contributed by atoms with E-state index in [1.807, 2.05) is 5.48 Å². The van der Waals surface area contributed by atoms with Crippen LogP contribution in [-0.4, -0.2) is 16.3 Å². The summed E-state index contributed by atoms with van der Waals surface area (Å²) < 4.78 is 0. The SMILES string of the molecule is O=C(CC(NO)c1cccc(Cl)c1)NO. The number of nitrogens with one attached hydrogen (secondary N) is 2. The van der Waals surface area contributed by atoms with Crippen LogP contribution in [0.4, 0.5) is 0 Å². The predicted octanol–water partition coefficient (Wildman–Crippen LogP) is 1.26. The minimum atomic E-state index is -0.601. The van der Waals surface area contributed by atoms with Crippen molar-refractivity contribution in [2.75, 3.05) is 0 Å². The first-order valence-corrected chi connectivity index (χ1v) is 4.63. The Morgan fingerprint density at radius 3 is 2.73 bits per heavy atom. The van der Waals surface area contributed by atoms with E-state index in [4.69, 9.17) is 22.0 Å². The van der Waals surface area contributed by atoms with E-state index in [1.165, 1.54) is 5.48 Å². The molecule has 15 heavy (non-hydrogen) atoms. The van der Waals surface area contributed by atoms with Gasteiger partial charge in [-0.2, -0.15) is 5.48 Å². The van der Waals surface area contributed by atoms with E-state index in [-0.39, 0.29) is 6.42 Å². The number of amides is 1. The van der Waals surface area contributed by atoms with Gasteiger partial charge >= 0.3 is 0 Å². The Labute approximate surface area is 91.6 Å². The molecule has 0 heterocycles. The monoisotopic (exact) mass is 230 g/mol. The van der Waals surface area contributed by atoms with Crippen molar-refractivity contribution in [2.24, 2.45) is 0 Å². The molecule has 1 unspecified atom stereocenters. The largest absolute Gasteiger partial charge is 0.316 e. The molecule has 1 amide bonds. The molecule has 6 heteroatoms. The van der Waals surface area contributed by atoms with Crippen molar-refractivity contribution < 1.29 is 15.2 Å². The van der Waals surface area contributed by atoms with Crippen molar-refractivity contribution in [1.29, 1.82) is 0 Å². The lowest BCUT2D eigenvalue weighted by molar-refractivity contribution is -0.130. The van der Waals surface area contributed by atoms with Gasteiger partial charge in [-0.15, -0.1) is 0 Å². The second-order valence-electron chi connectivity index (χ2n) is 2.98. The van der Waals surface area contributed by atoms with Gasteiger partial charge in [-0.05, 0) is 17.7 Å². The molecule has 0 aliphatic rings. The molecule has 0 aliphatic carbocycles. The fourth-order valence-corrected chi connectivity index (χ4v) is 1.39. The van der Waals surface area contributed by atoms with E-state index in [1.54, 1.807) is 24.3 Å². The van der Waals surface area contributed by atoms with Gasteiger partial charge in [0.25, 0.3) is 0 Å². The van der Waals surface area contributed by atoms with E-state index in [0.717, 1.165) is 0 Å². The van der Waals surface area contributed by atoms with Crippen molar-refractivity contribution >= 4 is 17.5 Å². The quantitative estimate of drug-likeness (QED) is 0.464. The zero-order valence-corrected chi connectivity index (χ0v) is 8.53. The number of halogens is 1. The van der Waals surface area contributed by atoms with Crippen LogP contribution in [0.2, 0.25) is 5.02 Å². The van der Waals surface area contributed by atoms with Gasteiger partial charge < -0.3 is 5.21 Å². The maximum Gasteiger partial charge on any atom is 0.245 e. The van der Waals surface area contributed by atoms with E-state index in [9.17, 15) is 4.79 Å². The molecule has 0 fully saturated rings. The van der Waals surface area contributed by atoms with Crippen LogP contribution < -0.4 is 11.0 Å². The Balaban J connectivity index is 2.78. The summed E-state index contributed by atoms with van der Waals surface area (Å²) >= 11 is 5.76. The summed E-state index contributed by atoms with van der Waals surface area (Å²) in [5.41, 5.74) is 4.13. The molecule has 0 aromatic heterocycles. The number of hydrogen-bond acceptors (Lipinski definition) is 4. The molecular formula is C9H11ClN2O3. The lowest BCUT2D eigenvalue weighted by Crippen LogP contribution is -2.27. The number of benzene rings is 1.